The summed E-state index contributed by atoms with van der Waals surface area (Å²) in [4.78, 5) is 20.7. The van der Waals surface area contributed by atoms with Crippen LogP contribution in [-0.2, 0) is 11.2 Å². The van der Waals surface area contributed by atoms with Crippen molar-refractivity contribution in [2.24, 2.45) is 16.6 Å². The average Bonchev–Trinajstić information content (AvgIpc) is 2.96. The molecule has 1 amide bonds. The van der Waals surface area contributed by atoms with E-state index in [1.165, 1.54) is 12.0 Å². The summed E-state index contributed by atoms with van der Waals surface area (Å²) in [7, 11) is 0. The first kappa shape index (κ1) is 14.9. The van der Waals surface area contributed by atoms with Crippen LogP contribution in [-0.4, -0.2) is 42.9 Å². The standard InChI is InChI=1S/C17H24N4O/c1-13-5-4-9-20(12-13)17(18)19-11-16(22)21-10-8-14-6-2-3-7-15(14)21/h2-3,6-7,13H,4-5,8-12H2,1H3,(H2,18,19). The number of piperidine rings is 1. The van der Waals surface area contributed by atoms with Gasteiger partial charge in [-0.25, -0.2) is 4.99 Å². The third-order valence-electron chi connectivity index (χ3n) is 4.55. The highest BCUT2D eigenvalue weighted by Gasteiger charge is 2.24. The molecule has 2 aliphatic rings. The second-order valence-electron chi connectivity index (χ2n) is 6.29. The summed E-state index contributed by atoms with van der Waals surface area (Å²) in [6.07, 6.45) is 3.31. The first-order valence-electron chi connectivity index (χ1n) is 8.08. The normalized spacial score (nSPS) is 21.9. The number of aliphatic imine (C=N–C) groups is 1. The molecule has 0 aliphatic carbocycles. The fraction of sp³-hybridized carbons (Fsp3) is 0.529. The molecule has 22 heavy (non-hydrogen) atoms. The second-order valence-corrected chi connectivity index (χ2v) is 6.29. The number of anilines is 1. The molecule has 2 heterocycles. The van der Waals surface area contributed by atoms with E-state index in [-0.39, 0.29) is 12.5 Å². The molecule has 0 spiro atoms. The lowest BCUT2D eigenvalue weighted by atomic mass is 10.0. The van der Waals surface area contributed by atoms with E-state index in [9.17, 15) is 4.79 Å². The fourth-order valence-electron chi connectivity index (χ4n) is 3.33. The van der Waals surface area contributed by atoms with Crippen LogP contribution in [0.25, 0.3) is 0 Å². The number of hydrogen-bond acceptors (Lipinski definition) is 2. The number of carbonyl (C=O) groups excluding carboxylic acids is 1. The van der Waals surface area contributed by atoms with Gasteiger partial charge in [-0.1, -0.05) is 25.1 Å². The van der Waals surface area contributed by atoms with Gasteiger partial charge in [0.1, 0.15) is 6.54 Å². The molecular weight excluding hydrogens is 276 g/mol. The number of amides is 1. The van der Waals surface area contributed by atoms with E-state index in [1.807, 2.05) is 23.1 Å². The molecule has 0 bridgehead atoms. The Hall–Kier alpha value is -2.04. The number of hydrogen-bond donors (Lipinski definition) is 1. The molecular formula is C17H24N4O. The van der Waals surface area contributed by atoms with Crippen LogP contribution in [0.2, 0.25) is 0 Å². The highest BCUT2D eigenvalue weighted by molar-refractivity contribution is 5.97. The van der Waals surface area contributed by atoms with E-state index in [1.54, 1.807) is 0 Å². The Bertz CT molecular complexity index is 584. The van der Waals surface area contributed by atoms with Crippen molar-refractivity contribution in [3.63, 3.8) is 0 Å². The highest BCUT2D eigenvalue weighted by Crippen LogP contribution is 2.27. The smallest absolute Gasteiger partial charge is 0.248 e. The van der Waals surface area contributed by atoms with Gasteiger partial charge >= 0.3 is 0 Å². The Morgan fingerprint density at radius 1 is 1.36 bits per heavy atom. The van der Waals surface area contributed by atoms with Crippen LogP contribution in [0.1, 0.15) is 25.3 Å². The largest absolute Gasteiger partial charge is 0.370 e. The number of para-hydroxylation sites is 1. The minimum absolute atomic E-state index is 0.0259. The van der Waals surface area contributed by atoms with Crippen LogP contribution in [0.15, 0.2) is 29.3 Å². The highest BCUT2D eigenvalue weighted by atomic mass is 16.2. The number of likely N-dealkylation sites (tertiary alicyclic amines) is 1. The van der Waals surface area contributed by atoms with Crippen molar-refractivity contribution < 1.29 is 4.79 Å². The first-order chi connectivity index (χ1) is 10.6. The van der Waals surface area contributed by atoms with Gasteiger partial charge in [-0.15, -0.1) is 0 Å². The Morgan fingerprint density at radius 3 is 3.00 bits per heavy atom. The second kappa shape index (κ2) is 6.38. The van der Waals surface area contributed by atoms with Crippen LogP contribution >= 0.6 is 0 Å². The minimum Gasteiger partial charge on any atom is -0.370 e. The van der Waals surface area contributed by atoms with Crippen LogP contribution in [0.5, 0.6) is 0 Å². The quantitative estimate of drug-likeness (QED) is 0.667. The van der Waals surface area contributed by atoms with E-state index < -0.39 is 0 Å². The number of carbonyl (C=O) groups is 1. The minimum atomic E-state index is 0.0259. The summed E-state index contributed by atoms with van der Waals surface area (Å²) in [5.41, 5.74) is 8.31. The van der Waals surface area contributed by atoms with Crippen molar-refractivity contribution >= 4 is 17.6 Å². The van der Waals surface area contributed by atoms with Crippen LogP contribution in [0.4, 0.5) is 5.69 Å². The molecule has 1 unspecified atom stereocenters. The summed E-state index contributed by atoms with van der Waals surface area (Å²) in [5, 5.41) is 0. The predicted molar refractivity (Wildman–Crippen MR) is 89.0 cm³/mol. The lowest BCUT2D eigenvalue weighted by Gasteiger charge is -2.31. The zero-order valence-corrected chi connectivity index (χ0v) is 13.2. The van der Waals surface area contributed by atoms with Crippen LogP contribution in [0.3, 0.4) is 0 Å². The van der Waals surface area contributed by atoms with Gasteiger partial charge in [0.2, 0.25) is 5.91 Å². The van der Waals surface area contributed by atoms with Crippen molar-refractivity contribution in [3.05, 3.63) is 29.8 Å². The summed E-state index contributed by atoms with van der Waals surface area (Å²) < 4.78 is 0. The molecule has 1 atom stereocenters. The van der Waals surface area contributed by atoms with Gasteiger partial charge in [0.15, 0.2) is 5.96 Å². The van der Waals surface area contributed by atoms with Gasteiger partial charge < -0.3 is 15.5 Å². The van der Waals surface area contributed by atoms with Gasteiger partial charge in [0, 0.05) is 25.3 Å². The van der Waals surface area contributed by atoms with E-state index in [2.05, 4.69) is 22.9 Å². The maximum absolute atomic E-state index is 12.4. The number of nitrogens with zero attached hydrogens (tertiary/aromatic N) is 3. The molecule has 1 aromatic rings. The van der Waals surface area contributed by atoms with Crippen LogP contribution in [0, 0.1) is 5.92 Å². The predicted octanol–water partition coefficient (Wildman–Crippen LogP) is 1.62. The zero-order chi connectivity index (χ0) is 15.5. The molecule has 1 aromatic carbocycles. The van der Waals surface area contributed by atoms with Gasteiger partial charge in [-0.3, -0.25) is 4.79 Å². The van der Waals surface area contributed by atoms with Crippen molar-refractivity contribution in [3.8, 4) is 0 Å². The summed E-state index contributed by atoms with van der Waals surface area (Å²) in [5.74, 6) is 1.18. The van der Waals surface area contributed by atoms with Crippen molar-refractivity contribution in [1.29, 1.82) is 0 Å². The van der Waals surface area contributed by atoms with Crippen molar-refractivity contribution in [2.45, 2.75) is 26.2 Å². The van der Waals surface area contributed by atoms with E-state index in [0.717, 1.165) is 38.2 Å². The molecule has 5 heteroatoms. The van der Waals surface area contributed by atoms with Gasteiger partial charge in [0.25, 0.3) is 0 Å². The van der Waals surface area contributed by atoms with E-state index in [4.69, 9.17) is 5.73 Å². The molecule has 118 valence electrons. The Morgan fingerprint density at radius 2 is 2.18 bits per heavy atom. The average molecular weight is 300 g/mol. The maximum Gasteiger partial charge on any atom is 0.248 e. The topological polar surface area (TPSA) is 61.9 Å². The molecule has 0 aromatic heterocycles. The van der Waals surface area contributed by atoms with Crippen LogP contribution < -0.4 is 10.6 Å². The maximum atomic E-state index is 12.4. The fourth-order valence-corrected chi connectivity index (χ4v) is 3.33. The molecule has 2 N–H and O–H groups in total. The molecule has 1 saturated heterocycles. The molecule has 3 rings (SSSR count). The Kier molecular flexibility index (Phi) is 4.32. The van der Waals surface area contributed by atoms with Crippen molar-refractivity contribution in [1.82, 2.24) is 4.90 Å². The first-order valence-corrected chi connectivity index (χ1v) is 8.08. The Balaban J connectivity index is 1.61. The molecule has 5 nitrogen and oxygen atoms in total. The van der Waals surface area contributed by atoms with Gasteiger partial charge in [-0.2, -0.15) is 0 Å². The lowest BCUT2D eigenvalue weighted by Crippen LogP contribution is -2.44. The van der Waals surface area contributed by atoms with Gasteiger partial charge in [0.05, 0.1) is 0 Å². The lowest BCUT2D eigenvalue weighted by molar-refractivity contribution is -0.117. The summed E-state index contributed by atoms with van der Waals surface area (Å²) in [6, 6.07) is 8.06. The summed E-state index contributed by atoms with van der Waals surface area (Å²) in [6.45, 7) is 4.99. The third-order valence-corrected chi connectivity index (χ3v) is 4.55. The molecule has 1 fully saturated rings. The number of rotatable bonds is 2. The Labute approximate surface area is 131 Å². The molecule has 2 aliphatic heterocycles. The number of benzene rings is 1. The van der Waals surface area contributed by atoms with E-state index >= 15 is 0 Å². The number of guanidine groups is 1. The van der Waals surface area contributed by atoms with E-state index in [0.29, 0.717) is 11.9 Å². The van der Waals surface area contributed by atoms with Gasteiger partial charge in [-0.05, 0) is 36.8 Å². The SMILES string of the molecule is CC1CCCN(C(N)=NCC(=O)N2CCc3ccccc32)C1. The molecule has 0 radical (unpaired) electrons. The number of nitrogens with two attached hydrogens (primary N) is 1. The third kappa shape index (κ3) is 3.08. The molecule has 0 saturated carbocycles. The monoisotopic (exact) mass is 300 g/mol. The van der Waals surface area contributed by atoms with Crippen molar-refractivity contribution in [2.75, 3.05) is 31.1 Å². The number of fused-ring (bicyclic) bond motifs is 1. The zero-order valence-electron chi connectivity index (χ0n) is 13.2. The summed E-state index contributed by atoms with van der Waals surface area (Å²) >= 11 is 0.